The van der Waals surface area contributed by atoms with Gasteiger partial charge in [-0.25, -0.2) is 4.98 Å². The van der Waals surface area contributed by atoms with Gasteiger partial charge in [-0.3, -0.25) is 14.6 Å². The molecule has 1 saturated carbocycles. The van der Waals surface area contributed by atoms with E-state index < -0.39 is 11.9 Å². The first-order chi connectivity index (χ1) is 13.4. The minimum Gasteiger partial charge on any atom is -0.481 e. The molecule has 6 nitrogen and oxygen atoms in total. The van der Waals surface area contributed by atoms with Crippen molar-refractivity contribution in [2.45, 2.75) is 58.3 Å². The van der Waals surface area contributed by atoms with Crippen molar-refractivity contribution in [1.82, 2.24) is 9.97 Å². The Kier molecular flexibility index (Phi) is 6.07. The average Bonchev–Trinajstić information content (AvgIpc) is 2.68. The van der Waals surface area contributed by atoms with Crippen LogP contribution in [0, 0.1) is 12.8 Å². The summed E-state index contributed by atoms with van der Waals surface area (Å²) in [7, 11) is 0. The van der Waals surface area contributed by atoms with Crippen LogP contribution in [-0.2, 0) is 11.2 Å². The van der Waals surface area contributed by atoms with Crippen LogP contribution in [0.3, 0.4) is 0 Å². The number of carboxylic acid groups (broad SMARTS) is 1. The molecular weight excluding hydrogens is 354 g/mol. The van der Waals surface area contributed by atoms with Crippen LogP contribution in [0.25, 0.3) is 11.3 Å². The summed E-state index contributed by atoms with van der Waals surface area (Å²) in [5.41, 5.74) is 9.99. The Labute approximate surface area is 165 Å². The maximum Gasteiger partial charge on any atom is 0.303 e. The van der Waals surface area contributed by atoms with E-state index in [9.17, 15) is 9.59 Å². The van der Waals surface area contributed by atoms with Gasteiger partial charge in [-0.15, -0.1) is 0 Å². The van der Waals surface area contributed by atoms with Crippen molar-refractivity contribution in [3.05, 3.63) is 46.9 Å². The minimum absolute atomic E-state index is 0.240. The molecule has 1 aliphatic rings. The Morgan fingerprint density at radius 3 is 2.29 bits per heavy atom. The zero-order valence-electron chi connectivity index (χ0n) is 16.4. The summed E-state index contributed by atoms with van der Waals surface area (Å²) in [6, 6.07) is 8.25. The maximum absolute atomic E-state index is 11.7. The van der Waals surface area contributed by atoms with Gasteiger partial charge in [0, 0.05) is 12.0 Å². The van der Waals surface area contributed by atoms with E-state index in [-0.39, 0.29) is 12.1 Å². The van der Waals surface area contributed by atoms with Gasteiger partial charge in [-0.1, -0.05) is 31.2 Å². The van der Waals surface area contributed by atoms with E-state index in [1.54, 1.807) is 0 Å². The molecule has 2 aromatic rings. The normalized spacial score (nSPS) is 19.4. The van der Waals surface area contributed by atoms with Gasteiger partial charge in [0.25, 0.3) is 5.91 Å². The maximum atomic E-state index is 11.7. The lowest BCUT2D eigenvalue weighted by Crippen LogP contribution is -2.18. The van der Waals surface area contributed by atoms with Crippen molar-refractivity contribution >= 4 is 11.9 Å². The SMILES string of the molecule is CCc1nc(C)c(-c2ccc([C@H]3CC[C@H](CC(=O)O)CC3)cc2)nc1C(N)=O. The molecule has 1 aromatic heterocycles. The molecule has 0 radical (unpaired) electrons. The van der Waals surface area contributed by atoms with E-state index in [1.165, 1.54) is 5.56 Å². The number of rotatable bonds is 6. The van der Waals surface area contributed by atoms with Crippen LogP contribution in [0.5, 0.6) is 0 Å². The number of carbonyl (C=O) groups excluding carboxylic acids is 1. The number of aliphatic carboxylic acids is 1. The summed E-state index contributed by atoms with van der Waals surface area (Å²) in [4.78, 5) is 31.6. The molecule has 0 atom stereocenters. The van der Waals surface area contributed by atoms with Gasteiger partial charge in [0.05, 0.1) is 17.1 Å². The van der Waals surface area contributed by atoms with Crippen LogP contribution >= 0.6 is 0 Å². The summed E-state index contributed by atoms with van der Waals surface area (Å²) in [5.74, 6) is -0.487. The Morgan fingerprint density at radius 2 is 1.75 bits per heavy atom. The monoisotopic (exact) mass is 381 g/mol. The molecule has 0 bridgehead atoms. The van der Waals surface area contributed by atoms with Gasteiger partial charge in [0.15, 0.2) is 0 Å². The zero-order chi connectivity index (χ0) is 20.3. The summed E-state index contributed by atoms with van der Waals surface area (Å²) >= 11 is 0. The number of nitrogens with zero attached hydrogens (tertiary/aromatic N) is 2. The molecule has 0 spiro atoms. The quantitative estimate of drug-likeness (QED) is 0.790. The standard InChI is InChI=1S/C22H27N3O3/c1-3-18-21(22(23)28)25-20(13(2)24-18)17-10-8-16(9-11-17)15-6-4-14(5-7-15)12-19(26)27/h8-11,14-15H,3-7,12H2,1-2H3,(H2,23,28)(H,26,27)/t14-,15-. The van der Waals surface area contributed by atoms with Gasteiger partial charge < -0.3 is 10.8 Å². The second-order valence-electron chi connectivity index (χ2n) is 7.61. The fourth-order valence-corrected chi connectivity index (χ4v) is 4.14. The summed E-state index contributed by atoms with van der Waals surface area (Å²) in [6.45, 7) is 3.82. The highest BCUT2D eigenvalue weighted by atomic mass is 16.4. The third-order valence-electron chi connectivity index (χ3n) is 5.68. The lowest BCUT2D eigenvalue weighted by molar-refractivity contribution is -0.138. The fraction of sp³-hybridized carbons (Fsp3) is 0.455. The van der Waals surface area contributed by atoms with Crippen molar-refractivity contribution < 1.29 is 14.7 Å². The van der Waals surface area contributed by atoms with Crippen molar-refractivity contribution in [1.29, 1.82) is 0 Å². The van der Waals surface area contributed by atoms with E-state index >= 15 is 0 Å². The first-order valence-corrected chi connectivity index (χ1v) is 9.88. The first kappa shape index (κ1) is 20.0. The minimum atomic E-state index is -0.700. The summed E-state index contributed by atoms with van der Waals surface area (Å²) in [6.07, 6.45) is 4.85. The number of nitrogens with two attached hydrogens (primary N) is 1. The lowest BCUT2D eigenvalue weighted by Gasteiger charge is -2.28. The van der Waals surface area contributed by atoms with E-state index in [2.05, 4.69) is 22.1 Å². The molecule has 28 heavy (non-hydrogen) atoms. The van der Waals surface area contributed by atoms with Gasteiger partial charge in [0.1, 0.15) is 5.69 Å². The molecule has 1 amide bonds. The van der Waals surface area contributed by atoms with Crippen molar-refractivity contribution in [3.8, 4) is 11.3 Å². The fourth-order valence-electron chi connectivity index (χ4n) is 4.14. The van der Waals surface area contributed by atoms with Crippen LogP contribution < -0.4 is 5.73 Å². The van der Waals surface area contributed by atoms with Crippen molar-refractivity contribution in [3.63, 3.8) is 0 Å². The molecule has 3 rings (SSSR count). The molecule has 1 aliphatic carbocycles. The summed E-state index contributed by atoms with van der Waals surface area (Å²) in [5, 5.41) is 8.96. The predicted octanol–water partition coefficient (Wildman–Crippen LogP) is 3.86. The first-order valence-electron chi connectivity index (χ1n) is 9.88. The second-order valence-corrected chi connectivity index (χ2v) is 7.61. The van der Waals surface area contributed by atoms with Gasteiger partial charge in [-0.05, 0) is 56.4 Å². The van der Waals surface area contributed by atoms with Crippen LogP contribution in [-0.4, -0.2) is 27.0 Å². The third kappa shape index (κ3) is 4.38. The molecule has 1 fully saturated rings. The van der Waals surface area contributed by atoms with Gasteiger partial charge >= 0.3 is 5.97 Å². The Hall–Kier alpha value is -2.76. The Bertz CT molecular complexity index is 869. The van der Waals surface area contributed by atoms with E-state index in [4.69, 9.17) is 10.8 Å². The topological polar surface area (TPSA) is 106 Å². The Balaban J connectivity index is 1.77. The number of amides is 1. The molecule has 6 heteroatoms. The highest BCUT2D eigenvalue weighted by Gasteiger charge is 2.24. The highest BCUT2D eigenvalue weighted by Crippen LogP contribution is 2.37. The van der Waals surface area contributed by atoms with Crippen molar-refractivity contribution in [2.75, 3.05) is 0 Å². The number of primary amides is 1. The number of hydrogen-bond donors (Lipinski definition) is 2. The molecule has 1 heterocycles. The third-order valence-corrected chi connectivity index (χ3v) is 5.68. The van der Waals surface area contributed by atoms with Crippen molar-refractivity contribution in [2.24, 2.45) is 11.7 Å². The van der Waals surface area contributed by atoms with Crippen LogP contribution in [0.4, 0.5) is 0 Å². The zero-order valence-corrected chi connectivity index (χ0v) is 16.4. The number of benzene rings is 1. The Morgan fingerprint density at radius 1 is 1.11 bits per heavy atom. The van der Waals surface area contributed by atoms with E-state index in [1.807, 2.05) is 26.0 Å². The number of carbonyl (C=O) groups is 2. The number of carboxylic acids is 1. The smallest absolute Gasteiger partial charge is 0.303 e. The van der Waals surface area contributed by atoms with Gasteiger partial charge in [-0.2, -0.15) is 0 Å². The molecule has 0 saturated heterocycles. The molecule has 0 unspecified atom stereocenters. The lowest BCUT2D eigenvalue weighted by atomic mass is 9.77. The molecule has 0 aliphatic heterocycles. The summed E-state index contributed by atoms with van der Waals surface area (Å²) < 4.78 is 0. The predicted molar refractivity (Wildman–Crippen MR) is 107 cm³/mol. The average molecular weight is 381 g/mol. The van der Waals surface area contributed by atoms with Crippen LogP contribution in [0.1, 0.15) is 72.4 Å². The number of hydrogen-bond acceptors (Lipinski definition) is 4. The molecular formula is C22H27N3O3. The number of aromatic nitrogens is 2. The number of aryl methyl sites for hydroxylation is 2. The van der Waals surface area contributed by atoms with Crippen LogP contribution in [0.15, 0.2) is 24.3 Å². The van der Waals surface area contributed by atoms with E-state index in [0.717, 1.165) is 36.9 Å². The van der Waals surface area contributed by atoms with Crippen LogP contribution in [0.2, 0.25) is 0 Å². The van der Waals surface area contributed by atoms with E-state index in [0.29, 0.717) is 29.6 Å². The second kappa shape index (κ2) is 8.50. The largest absolute Gasteiger partial charge is 0.481 e. The highest BCUT2D eigenvalue weighted by molar-refractivity contribution is 5.92. The van der Waals surface area contributed by atoms with Gasteiger partial charge in [0.2, 0.25) is 0 Å². The molecule has 148 valence electrons. The molecule has 1 aromatic carbocycles. The molecule has 3 N–H and O–H groups in total.